The predicted molar refractivity (Wildman–Crippen MR) is 97.9 cm³/mol. The Kier molecular flexibility index (Phi) is 4.57. The third-order valence-electron chi connectivity index (χ3n) is 4.33. The van der Waals surface area contributed by atoms with Crippen LogP contribution >= 0.6 is 11.6 Å². The molecule has 1 aliphatic heterocycles. The van der Waals surface area contributed by atoms with Crippen molar-refractivity contribution in [2.45, 2.75) is 26.6 Å². The molecule has 0 atom stereocenters. The van der Waals surface area contributed by atoms with Gasteiger partial charge in [-0.3, -0.25) is 0 Å². The molecule has 26 heavy (non-hydrogen) atoms. The number of rotatable bonds is 4. The minimum Gasteiger partial charge on any atom is -0.489 e. The summed E-state index contributed by atoms with van der Waals surface area (Å²) in [5.74, 6) is 1.36. The quantitative estimate of drug-likeness (QED) is 0.633. The molecule has 0 saturated heterocycles. The van der Waals surface area contributed by atoms with E-state index in [0.29, 0.717) is 23.0 Å². The smallest absolute Gasteiger partial charge is 0.336 e. The molecule has 6 heteroatoms. The Morgan fingerprint density at radius 3 is 2.88 bits per heavy atom. The fourth-order valence-electron chi connectivity index (χ4n) is 3.12. The van der Waals surface area contributed by atoms with E-state index in [2.05, 4.69) is 0 Å². The van der Waals surface area contributed by atoms with E-state index in [0.717, 1.165) is 34.2 Å². The van der Waals surface area contributed by atoms with E-state index in [9.17, 15) is 4.79 Å². The molecule has 0 fully saturated rings. The molecule has 0 bridgehead atoms. The Morgan fingerprint density at radius 1 is 1.15 bits per heavy atom. The van der Waals surface area contributed by atoms with Crippen molar-refractivity contribution in [1.29, 1.82) is 0 Å². The highest BCUT2D eigenvalue weighted by Crippen LogP contribution is 2.32. The van der Waals surface area contributed by atoms with Crippen molar-refractivity contribution in [2.75, 3.05) is 6.79 Å². The molecule has 2 heterocycles. The summed E-state index contributed by atoms with van der Waals surface area (Å²) in [7, 11) is 0. The molecule has 0 radical (unpaired) electrons. The maximum atomic E-state index is 11.7. The number of halogens is 1. The molecule has 0 unspecified atom stereocenters. The van der Waals surface area contributed by atoms with Crippen molar-refractivity contribution >= 4 is 22.6 Å². The number of fused-ring (bicyclic) bond motifs is 2. The molecule has 1 aliphatic rings. The van der Waals surface area contributed by atoms with Crippen molar-refractivity contribution in [3.05, 3.63) is 68.5 Å². The molecule has 0 amide bonds. The highest BCUT2D eigenvalue weighted by Gasteiger charge is 2.17. The summed E-state index contributed by atoms with van der Waals surface area (Å²) in [4.78, 5) is 11.7. The van der Waals surface area contributed by atoms with Gasteiger partial charge in [-0.25, -0.2) is 4.79 Å². The van der Waals surface area contributed by atoms with E-state index in [1.807, 2.05) is 31.2 Å². The lowest BCUT2D eigenvalue weighted by Crippen LogP contribution is -2.14. The van der Waals surface area contributed by atoms with Gasteiger partial charge in [0.1, 0.15) is 23.7 Å². The summed E-state index contributed by atoms with van der Waals surface area (Å²) >= 11 is 6.18. The minimum absolute atomic E-state index is 0.211. The van der Waals surface area contributed by atoms with E-state index in [1.165, 1.54) is 6.07 Å². The van der Waals surface area contributed by atoms with Crippen LogP contribution in [0.25, 0.3) is 11.0 Å². The maximum absolute atomic E-state index is 11.7. The number of ether oxygens (including phenoxy) is 3. The van der Waals surface area contributed by atoms with Crippen LogP contribution in [0.2, 0.25) is 5.02 Å². The second kappa shape index (κ2) is 7.02. The highest BCUT2D eigenvalue weighted by atomic mass is 35.5. The Balaban J connectivity index is 1.63. The van der Waals surface area contributed by atoms with Gasteiger partial charge in [-0.15, -0.1) is 0 Å². The van der Waals surface area contributed by atoms with Crippen molar-refractivity contribution in [2.24, 2.45) is 0 Å². The Bertz CT molecular complexity index is 1020. The van der Waals surface area contributed by atoms with Crippen LogP contribution in [-0.2, 0) is 24.4 Å². The monoisotopic (exact) mass is 372 g/mol. The SMILES string of the molecule is CCc1cc(=O)oc2cc(OCc3cc(Cl)cc4c3OCOC4)ccc12. The first-order valence-corrected chi connectivity index (χ1v) is 8.73. The van der Waals surface area contributed by atoms with E-state index in [1.54, 1.807) is 6.07 Å². The molecule has 0 saturated carbocycles. The lowest BCUT2D eigenvalue weighted by atomic mass is 10.1. The normalized spacial score (nSPS) is 13.3. The molecule has 3 aromatic rings. The molecule has 1 aromatic heterocycles. The molecular formula is C20H17ClO5. The molecule has 0 spiro atoms. The Hall–Kier alpha value is -2.50. The Morgan fingerprint density at radius 2 is 2.04 bits per heavy atom. The van der Waals surface area contributed by atoms with Gasteiger partial charge in [-0.2, -0.15) is 0 Å². The second-order valence-corrected chi connectivity index (χ2v) is 6.49. The number of benzene rings is 2. The average molecular weight is 373 g/mol. The van der Waals surface area contributed by atoms with Crippen molar-refractivity contribution in [1.82, 2.24) is 0 Å². The zero-order valence-corrected chi connectivity index (χ0v) is 15.0. The van der Waals surface area contributed by atoms with E-state index < -0.39 is 0 Å². The largest absolute Gasteiger partial charge is 0.489 e. The fourth-order valence-corrected chi connectivity index (χ4v) is 3.38. The molecule has 4 rings (SSSR count). The van der Waals surface area contributed by atoms with Crippen LogP contribution < -0.4 is 15.1 Å². The summed E-state index contributed by atoms with van der Waals surface area (Å²) in [6, 6.07) is 10.7. The van der Waals surface area contributed by atoms with Gasteiger partial charge in [0, 0.05) is 33.7 Å². The van der Waals surface area contributed by atoms with E-state index >= 15 is 0 Å². The second-order valence-electron chi connectivity index (χ2n) is 6.05. The van der Waals surface area contributed by atoms with Crippen LogP contribution in [0.3, 0.4) is 0 Å². The van der Waals surface area contributed by atoms with Crippen molar-refractivity contribution in [3.8, 4) is 11.5 Å². The zero-order valence-electron chi connectivity index (χ0n) is 14.2. The van der Waals surface area contributed by atoms with Crippen LogP contribution in [-0.4, -0.2) is 6.79 Å². The highest BCUT2D eigenvalue weighted by molar-refractivity contribution is 6.30. The zero-order chi connectivity index (χ0) is 18.1. The maximum Gasteiger partial charge on any atom is 0.336 e. The molecule has 5 nitrogen and oxygen atoms in total. The van der Waals surface area contributed by atoms with Gasteiger partial charge in [0.05, 0.1) is 6.61 Å². The molecule has 2 aromatic carbocycles. The predicted octanol–water partition coefficient (Wildman–Crippen LogP) is 4.45. The summed E-state index contributed by atoms with van der Waals surface area (Å²) < 4.78 is 22.1. The van der Waals surface area contributed by atoms with Crippen LogP contribution in [0.4, 0.5) is 0 Å². The van der Waals surface area contributed by atoms with Gasteiger partial charge < -0.3 is 18.6 Å². The Labute approximate surface area is 155 Å². The molecule has 0 N–H and O–H groups in total. The van der Waals surface area contributed by atoms with Gasteiger partial charge in [-0.05, 0) is 36.2 Å². The fraction of sp³-hybridized carbons (Fsp3) is 0.250. The standard InChI is InChI=1S/C20H17ClO5/c1-2-12-7-19(22)26-18-8-16(3-4-17(12)18)24-10-14-6-15(21)5-13-9-23-11-25-20(13)14/h3-8H,2,9-11H2,1H3. The van der Waals surface area contributed by atoms with Crippen LogP contribution in [0.15, 0.2) is 45.6 Å². The van der Waals surface area contributed by atoms with Gasteiger partial charge in [0.25, 0.3) is 0 Å². The van der Waals surface area contributed by atoms with Gasteiger partial charge >= 0.3 is 5.63 Å². The van der Waals surface area contributed by atoms with E-state index in [-0.39, 0.29) is 19.0 Å². The third kappa shape index (κ3) is 3.28. The summed E-state index contributed by atoms with van der Waals surface area (Å²) in [6.45, 7) is 2.96. The number of hydrogen-bond acceptors (Lipinski definition) is 5. The lowest BCUT2D eigenvalue weighted by Gasteiger charge is -2.21. The first-order chi connectivity index (χ1) is 12.6. The van der Waals surface area contributed by atoms with Gasteiger partial charge in [0.2, 0.25) is 0 Å². The topological polar surface area (TPSA) is 57.9 Å². The third-order valence-corrected chi connectivity index (χ3v) is 4.55. The first-order valence-electron chi connectivity index (χ1n) is 8.35. The van der Waals surface area contributed by atoms with E-state index in [4.69, 9.17) is 30.2 Å². The molecular weight excluding hydrogens is 356 g/mol. The van der Waals surface area contributed by atoms with Crippen LogP contribution in [0.1, 0.15) is 23.6 Å². The number of hydrogen-bond donors (Lipinski definition) is 0. The van der Waals surface area contributed by atoms with Crippen LogP contribution in [0.5, 0.6) is 11.5 Å². The van der Waals surface area contributed by atoms with Crippen molar-refractivity contribution < 1.29 is 18.6 Å². The first kappa shape index (κ1) is 16.9. The molecule has 134 valence electrons. The number of aryl methyl sites for hydroxylation is 1. The average Bonchev–Trinajstić information content (AvgIpc) is 2.64. The summed E-state index contributed by atoms with van der Waals surface area (Å²) in [6.07, 6.45) is 0.760. The van der Waals surface area contributed by atoms with Gasteiger partial charge in [0.15, 0.2) is 6.79 Å². The molecule has 0 aliphatic carbocycles. The summed E-state index contributed by atoms with van der Waals surface area (Å²) in [5, 5.41) is 1.52. The van der Waals surface area contributed by atoms with Crippen molar-refractivity contribution in [3.63, 3.8) is 0 Å². The van der Waals surface area contributed by atoms with Crippen LogP contribution in [0, 0.1) is 0 Å². The van der Waals surface area contributed by atoms with Gasteiger partial charge in [-0.1, -0.05) is 18.5 Å². The summed E-state index contributed by atoms with van der Waals surface area (Å²) in [5.41, 5.74) is 2.87. The minimum atomic E-state index is -0.358. The lowest BCUT2D eigenvalue weighted by molar-refractivity contribution is -0.0175.